The number of rotatable bonds is 8. The number of hydrogen-bond acceptors (Lipinski definition) is 5. The summed E-state index contributed by atoms with van der Waals surface area (Å²) in [5, 5.41) is 10.7. The van der Waals surface area contributed by atoms with Gasteiger partial charge in [0, 0.05) is 30.8 Å². The van der Waals surface area contributed by atoms with Crippen LogP contribution in [0.1, 0.15) is 34.2 Å². The molecule has 0 aliphatic carbocycles. The van der Waals surface area contributed by atoms with E-state index in [0.717, 1.165) is 23.5 Å². The van der Waals surface area contributed by atoms with Gasteiger partial charge in [-0.3, -0.25) is 9.52 Å². The zero-order chi connectivity index (χ0) is 21.7. The van der Waals surface area contributed by atoms with Crippen molar-refractivity contribution in [3.63, 3.8) is 0 Å². The SMILES string of the molecule is CCn1cnnc1CCNC(=O)c1ccc(NS(=O)(=O)c2ccc(C)c(C)c2)cc1. The van der Waals surface area contributed by atoms with Crippen LogP contribution in [0.3, 0.4) is 0 Å². The first-order valence-electron chi connectivity index (χ1n) is 9.65. The van der Waals surface area contributed by atoms with E-state index in [2.05, 4.69) is 20.2 Å². The molecule has 0 fully saturated rings. The lowest BCUT2D eigenvalue weighted by Gasteiger charge is -2.10. The van der Waals surface area contributed by atoms with Gasteiger partial charge in [0.05, 0.1) is 4.90 Å². The molecule has 1 amide bonds. The molecule has 0 saturated heterocycles. The molecule has 0 unspecified atom stereocenters. The molecule has 0 aliphatic rings. The first-order chi connectivity index (χ1) is 14.3. The van der Waals surface area contributed by atoms with Crippen molar-refractivity contribution in [1.82, 2.24) is 20.1 Å². The molecule has 0 spiro atoms. The van der Waals surface area contributed by atoms with Crippen molar-refractivity contribution in [3.05, 3.63) is 71.3 Å². The van der Waals surface area contributed by atoms with E-state index in [9.17, 15) is 13.2 Å². The van der Waals surface area contributed by atoms with Crippen LogP contribution in [0.2, 0.25) is 0 Å². The van der Waals surface area contributed by atoms with Crippen molar-refractivity contribution in [2.45, 2.75) is 38.6 Å². The Morgan fingerprint density at radius 2 is 1.80 bits per heavy atom. The minimum atomic E-state index is -3.70. The van der Waals surface area contributed by atoms with Gasteiger partial charge in [-0.25, -0.2) is 8.42 Å². The summed E-state index contributed by atoms with van der Waals surface area (Å²) in [5.41, 5.74) is 2.77. The predicted octanol–water partition coefficient (Wildman–Crippen LogP) is 2.69. The van der Waals surface area contributed by atoms with E-state index < -0.39 is 10.0 Å². The van der Waals surface area contributed by atoms with Gasteiger partial charge in [0.15, 0.2) is 0 Å². The fourth-order valence-electron chi connectivity index (χ4n) is 2.91. The second-order valence-corrected chi connectivity index (χ2v) is 8.65. The molecule has 0 atom stereocenters. The van der Waals surface area contributed by atoms with Crippen LogP contribution in [0.15, 0.2) is 53.7 Å². The number of nitrogens with zero attached hydrogens (tertiary/aromatic N) is 3. The van der Waals surface area contributed by atoms with Crippen molar-refractivity contribution in [2.75, 3.05) is 11.3 Å². The third kappa shape index (κ3) is 5.04. The summed E-state index contributed by atoms with van der Waals surface area (Å²) >= 11 is 0. The van der Waals surface area contributed by atoms with Crippen LogP contribution in [-0.2, 0) is 23.0 Å². The van der Waals surface area contributed by atoms with Gasteiger partial charge in [-0.05, 0) is 68.3 Å². The Bertz CT molecular complexity index is 1140. The fourth-order valence-corrected chi connectivity index (χ4v) is 4.05. The Balaban J connectivity index is 1.60. The van der Waals surface area contributed by atoms with Gasteiger partial charge < -0.3 is 9.88 Å². The van der Waals surface area contributed by atoms with Crippen molar-refractivity contribution in [1.29, 1.82) is 0 Å². The Morgan fingerprint density at radius 3 is 2.47 bits per heavy atom. The number of hydrogen-bond donors (Lipinski definition) is 2. The number of carbonyl (C=O) groups is 1. The second kappa shape index (κ2) is 9.08. The summed E-state index contributed by atoms with van der Waals surface area (Å²) in [7, 11) is -3.70. The number of nitrogens with one attached hydrogen (secondary N) is 2. The fraction of sp³-hybridized carbons (Fsp3) is 0.286. The lowest BCUT2D eigenvalue weighted by molar-refractivity contribution is 0.0954. The largest absolute Gasteiger partial charge is 0.352 e. The molecule has 0 bridgehead atoms. The Kier molecular flexibility index (Phi) is 6.51. The first kappa shape index (κ1) is 21.5. The van der Waals surface area contributed by atoms with E-state index in [0.29, 0.717) is 24.2 Å². The summed E-state index contributed by atoms with van der Waals surface area (Å²) < 4.78 is 29.6. The highest BCUT2D eigenvalue weighted by molar-refractivity contribution is 7.92. The van der Waals surface area contributed by atoms with Gasteiger partial charge in [-0.2, -0.15) is 0 Å². The highest BCUT2D eigenvalue weighted by Crippen LogP contribution is 2.19. The maximum Gasteiger partial charge on any atom is 0.261 e. The standard InChI is InChI=1S/C21H25N5O3S/c1-4-26-14-23-24-20(26)11-12-22-21(27)17-6-8-18(9-7-17)25-30(28,29)19-10-5-15(2)16(3)13-19/h5-10,13-14,25H,4,11-12H2,1-3H3,(H,22,27). The maximum atomic E-state index is 12.6. The molecular weight excluding hydrogens is 402 g/mol. The summed E-state index contributed by atoms with van der Waals surface area (Å²) in [4.78, 5) is 12.5. The average Bonchev–Trinajstić information content (AvgIpc) is 3.17. The van der Waals surface area contributed by atoms with Crippen molar-refractivity contribution < 1.29 is 13.2 Å². The van der Waals surface area contributed by atoms with Crippen molar-refractivity contribution in [3.8, 4) is 0 Å². The number of aromatic nitrogens is 3. The molecule has 1 heterocycles. The molecular formula is C21H25N5O3S. The Labute approximate surface area is 176 Å². The molecule has 9 heteroatoms. The van der Waals surface area contributed by atoms with E-state index in [-0.39, 0.29) is 10.8 Å². The highest BCUT2D eigenvalue weighted by atomic mass is 32.2. The van der Waals surface area contributed by atoms with Gasteiger partial charge in [0.2, 0.25) is 0 Å². The van der Waals surface area contributed by atoms with Crippen LogP contribution in [0.25, 0.3) is 0 Å². The van der Waals surface area contributed by atoms with E-state index in [1.54, 1.807) is 48.8 Å². The van der Waals surface area contributed by atoms with Gasteiger partial charge in [0.1, 0.15) is 12.2 Å². The minimum absolute atomic E-state index is 0.201. The highest BCUT2D eigenvalue weighted by Gasteiger charge is 2.15. The van der Waals surface area contributed by atoms with Crippen LogP contribution in [0, 0.1) is 13.8 Å². The quantitative estimate of drug-likeness (QED) is 0.575. The summed E-state index contributed by atoms with van der Waals surface area (Å²) in [6, 6.07) is 11.3. The van der Waals surface area contributed by atoms with Crippen LogP contribution in [0.5, 0.6) is 0 Å². The van der Waals surface area contributed by atoms with E-state index >= 15 is 0 Å². The van der Waals surface area contributed by atoms with Gasteiger partial charge in [-0.15, -0.1) is 10.2 Å². The lowest BCUT2D eigenvalue weighted by Crippen LogP contribution is -2.26. The molecule has 1 aromatic heterocycles. The number of carbonyl (C=O) groups excluding carboxylic acids is 1. The van der Waals surface area contributed by atoms with Crippen molar-refractivity contribution in [2.24, 2.45) is 0 Å². The smallest absolute Gasteiger partial charge is 0.261 e. The van der Waals surface area contributed by atoms with E-state index in [1.807, 2.05) is 25.3 Å². The summed E-state index contributed by atoms with van der Waals surface area (Å²) in [6.07, 6.45) is 2.24. The maximum absolute atomic E-state index is 12.6. The number of anilines is 1. The summed E-state index contributed by atoms with van der Waals surface area (Å²) in [5.74, 6) is 0.579. The average molecular weight is 428 g/mol. The minimum Gasteiger partial charge on any atom is -0.352 e. The molecule has 0 radical (unpaired) electrons. The van der Waals surface area contributed by atoms with E-state index in [1.165, 1.54) is 0 Å². The molecule has 3 aromatic rings. The lowest BCUT2D eigenvalue weighted by atomic mass is 10.1. The first-order valence-corrected chi connectivity index (χ1v) is 11.1. The van der Waals surface area contributed by atoms with Gasteiger partial charge >= 0.3 is 0 Å². The topological polar surface area (TPSA) is 106 Å². The zero-order valence-corrected chi connectivity index (χ0v) is 18.0. The van der Waals surface area contributed by atoms with Gasteiger partial charge in [-0.1, -0.05) is 6.07 Å². The molecule has 2 N–H and O–H groups in total. The molecule has 158 valence electrons. The van der Waals surface area contributed by atoms with Crippen LogP contribution < -0.4 is 10.0 Å². The molecule has 0 saturated carbocycles. The number of benzene rings is 2. The number of sulfonamides is 1. The number of amides is 1. The van der Waals surface area contributed by atoms with Crippen LogP contribution in [0.4, 0.5) is 5.69 Å². The normalized spacial score (nSPS) is 11.3. The molecule has 8 nitrogen and oxygen atoms in total. The molecule has 2 aromatic carbocycles. The Hall–Kier alpha value is -3.20. The monoisotopic (exact) mass is 427 g/mol. The zero-order valence-electron chi connectivity index (χ0n) is 17.2. The summed E-state index contributed by atoms with van der Waals surface area (Å²) in [6.45, 7) is 7.00. The molecule has 0 aliphatic heterocycles. The van der Waals surface area contributed by atoms with Crippen LogP contribution in [-0.4, -0.2) is 35.6 Å². The predicted molar refractivity (Wildman–Crippen MR) is 115 cm³/mol. The molecule has 30 heavy (non-hydrogen) atoms. The van der Waals surface area contributed by atoms with Crippen LogP contribution >= 0.6 is 0 Å². The third-order valence-electron chi connectivity index (χ3n) is 4.86. The van der Waals surface area contributed by atoms with E-state index in [4.69, 9.17) is 0 Å². The van der Waals surface area contributed by atoms with Gasteiger partial charge in [0.25, 0.3) is 15.9 Å². The second-order valence-electron chi connectivity index (χ2n) is 6.97. The molecule has 3 rings (SSSR count). The third-order valence-corrected chi connectivity index (χ3v) is 6.24. The Morgan fingerprint density at radius 1 is 1.07 bits per heavy atom. The number of aryl methyl sites for hydroxylation is 3. The van der Waals surface area contributed by atoms with Crippen molar-refractivity contribution >= 4 is 21.6 Å².